The second-order valence-electron chi connectivity index (χ2n) is 6.52. The first-order valence-electron chi connectivity index (χ1n) is 8.27. The molecule has 6 heteroatoms. The van der Waals surface area contributed by atoms with Crippen LogP contribution in [0, 0.1) is 0 Å². The van der Waals surface area contributed by atoms with Gasteiger partial charge in [0.25, 0.3) is 0 Å². The van der Waals surface area contributed by atoms with Crippen LogP contribution < -0.4 is 10.1 Å². The Morgan fingerprint density at radius 1 is 1.12 bits per heavy atom. The third kappa shape index (κ3) is 3.86. The molecule has 2 aromatic rings. The standard InChI is InChI=1S/C19H23NO4S/c1-13(14-8-4-3-5-9-14)19(21)20-16-12-24-17-11-7-6-10-15(17)18(16)25(2,22)23/h3-11,13,16,18-21H,12H2,1-2H3/t13-,16?,18?,19?/m0/s1. The Morgan fingerprint density at radius 3 is 2.44 bits per heavy atom. The summed E-state index contributed by atoms with van der Waals surface area (Å²) >= 11 is 0. The average Bonchev–Trinajstić information content (AvgIpc) is 2.60. The Bertz CT molecular complexity index is 822. The van der Waals surface area contributed by atoms with E-state index in [9.17, 15) is 13.5 Å². The van der Waals surface area contributed by atoms with Gasteiger partial charge in [0.15, 0.2) is 9.84 Å². The van der Waals surface area contributed by atoms with E-state index in [1.165, 1.54) is 6.26 Å². The lowest BCUT2D eigenvalue weighted by Gasteiger charge is -2.35. The molecular formula is C19H23NO4S. The number of ether oxygens (including phenoxy) is 1. The molecule has 25 heavy (non-hydrogen) atoms. The molecule has 3 rings (SSSR count). The maximum absolute atomic E-state index is 12.4. The number of aliphatic hydroxyl groups is 1. The van der Waals surface area contributed by atoms with Gasteiger partial charge in [0.2, 0.25) is 0 Å². The molecule has 0 aromatic heterocycles. The Morgan fingerprint density at radius 2 is 1.76 bits per heavy atom. The Kier molecular flexibility index (Phi) is 5.13. The average molecular weight is 361 g/mol. The number of benzene rings is 2. The summed E-state index contributed by atoms with van der Waals surface area (Å²) in [5, 5.41) is 12.9. The Hall–Kier alpha value is -1.89. The van der Waals surface area contributed by atoms with Crippen LogP contribution in [-0.4, -0.2) is 38.7 Å². The van der Waals surface area contributed by atoms with Crippen LogP contribution in [0.2, 0.25) is 0 Å². The molecule has 1 aliphatic heterocycles. The molecule has 5 nitrogen and oxygen atoms in total. The fourth-order valence-corrected chi connectivity index (χ4v) is 4.71. The molecule has 134 valence electrons. The molecule has 0 fully saturated rings. The smallest absolute Gasteiger partial charge is 0.156 e. The zero-order valence-corrected chi connectivity index (χ0v) is 15.1. The SMILES string of the molecule is C[C@@H](c1ccccc1)C(O)NC1COc2ccccc2C1S(C)(=O)=O. The third-order valence-electron chi connectivity index (χ3n) is 4.65. The van der Waals surface area contributed by atoms with E-state index in [-0.39, 0.29) is 12.5 Å². The van der Waals surface area contributed by atoms with Crippen molar-refractivity contribution in [3.05, 3.63) is 65.7 Å². The Balaban J connectivity index is 1.84. The highest BCUT2D eigenvalue weighted by molar-refractivity contribution is 7.91. The van der Waals surface area contributed by atoms with Gasteiger partial charge in [-0.25, -0.2) is 8.42 Å². The molecule has 1 aliphatic rings. The van der Waals surface area contributed by atoms with E-state index in [0.717, 1.165) is 5.56 Å². The summed E-state index contributed by atoms with van der Waals surface area (Å²) in [5.74, 6) is 0.403. The van der Waals surface area contributed by atoms with Crippen LogP contribution in [-0.2, 0) is 9.84 Å². The summed E-state index contributed by atoms with van der Waals surface area (Å²) in [4.78, 5) is 0. The van der Waals surface area contributed by atoms with Crippen LogP contribution >= 0.6 is 0 Å². The highest BCUT2D eigenvalue weighted by Gasteiger charge is 2.39. The summed E-state index contributed by atoms with van der Waals surface area (Å²) in [5.41, 5.74) is 1.61. The maximum atomic E-state index is 12.4. The van der Waals surface area contributed by atoms with Crippen molar-refractivity contribution < 1.29 is 18.3 Å². The first-order valence-corrected chi connectivity index (χ1v) is 10.2. The van der Waals surface area contributed by atoms with E-state index >= 15 is 0 Å². The highest BCUT2D eigenvalue weighted by atomic mass is 32.2. The molecule has 0 amide bonds. The summed E-state index contributed by atoms with van der Waals surface area (Å²) in [7, 11) is -3.38. The lowest BCUT2D eigenvalue weighted by molar-refractivity contribution is 0.0819. The van der Waals surface area contributed by atoms with E-state index < -0.39 is 27.4 Å². The predicted octanol–water partition coefficient (Wildman–Crippen LogP) is 2.25. The minimum Gasteiger partial charge on any atom is -0.492 e. The molecule has 4 atom stereocenters. The van der Waals surface area contributed by atoms with Crippen molar-refractivity contribution in [3.8, 4) is 5.75 Å². The maximum Gasteiger partial charge on any atom is 0.156 e. The first-order chi connectivity index (χ1) is 11.9. The number of rotatable bonds is 5. The van der Waals surface area contributed by atoms with Crippen molar-refractivity contribution in [3.63, 3.8) is 0 Å². The topological polar surface area (TPSA) is 75.6 Å². The normalized spacial score (nSPS) is 22.5. The van der Waals surface area contributed by atoms with Gasteiger partial charge in [-0.2, -0.15) is 0 Å². The molecular weight excluding hydrogens is 338 g/mol. The van der Waals surface area contributed by atoms with Gasteiger partial charge in [0, 0.05) is 17.7 Å². The third-order valence-corrected chi connectivity index (χ3v) is 6.16. The lowest BCUT2D eigenvalue weighted by Crippen LogP contribution is -2.50. The predicted molar refractivity (Wildman–Crippen MR) is 97.3 cm³/mol. The van der Waals surface area contributed by atoms with E-state index in [1.54, 1.807) is 18.2 Å². The van der Waals surface area contributed by atoms with Gasteiger partial charge >= 0.3 is 0 Å². The minimum absolute atomic E-state index is 0.182. The van der Waals surface area contributed by atoms with Gasteiger partial charge in [0.1, 0.15) is 23.8 Å². The van der Waals surface area contributed by atoms with Crippen LogP contribution in [0.4, 0.5) is 0 Å². The van der Waals surface area contributed by atoms with E-state index in [0.29, 0.717) is 11.3 Å². The van der Waals surface area contributed by atoms with Crippen molar-refractivity contribution >= 4 is 9.84 Å². The molecule has 0 radical (unpaired) electrons. The molecule has 3 unspecified atom stereocenters. The number of sulfone groups is 1. The molecule has 0 spiro atoms. The zero-order valence-electron chi connectivity index (χ0n) is 14.3. The van der Waals surface area contributed by atoms with Gasteiger partial charge in [-0.3, -0.25) is 5.32 Å². The van der Waals surface area contributed by atoms with Crippen LogP contribution in [0.15, 0.2) is 54.6 Å². The summed E-state index contributed by atoms with van der Waals surface area (Å²) in [6.07, 6.45) is 0.340. The first kappa shape index (κ1) is 17.9. The van der Waals surface area contributed by atoms with Crippen molar-refractivity contribution in [2.24, 2.45) is 0 Å². The van der Waals surface area contributed by atoms with Crippen molar-refractivity contribution in [2.75, 3.05) is 12.9 Å². The number of para-hydroxylation sites is 1. The largest absolute Gasteiger partial charge is 0.492 e. The number of hydrogen-bond acceptors (Lipinski definition) is 5. The van der Waals surface area contributed by atoms with Crippen molar-refractivity contribution in [1.29, 1.82) is 0 Å². The van der Waals surface area contributed by atoms with Crippen LogP contribution in [0.1, 0.15) is 29.2 Å². The molecule has 0 saturated heterocycles. The molecule has 0 bridgehead atoms. The fourth-order valence-electron chi connectivity index (χ4n) is 3.30. The highest BCUT2D eigenvalue weighted by Crippen LogP contribution is 2.37. The second kappa shape index (κ2) is 7.15. The van der Waals surface area contributed by atoms with Crippen LogP contribution in [0.3, 0.4) is 0 Å². The number of hydrogen-bond donors (Lipinski definition) is 2. The summed E-state index contributed by atoms with van der Waals surface area (Å²) in [6, 6.07) is 16.3. The van der Waals surface area contributed by atoms with Crippen molar-refractivity contribution in [2.45, 2.75) is 30.4 Å². The summed E-state index contributed by atoms with van der Waals surface area (Å²) < 4.78 is 30.5. The van der Waals surface area contributed by atoms with E-state index in [4.69, 9.17) is 4.74 Å². The van der Waals surface area contributed by atoms with Crippen molar-refractivity contribution in [1.82, 2.24) is 5.32 Å². The number of nitrogens with one attached hydrogen (secondary N) is 1. The van der Waals surface area contributed by atoms with E-state index in [1.807, 2.05) is 43.3 Å². The zero-order chi connectivity index (χ0) is 18.0. The van der Waals surface area contributed by atoms with E-state index in [2.05, 4.69) is 5.32 Å². The second-order valence-corrected chi connectivity index (χ2v) is 8.68. The number of fused-ring (bicyclic) bond motifs is 1. The lowest BCUT2D eigenvalue weighted by atomic mass is 9.97. The van der Waals surface area contributed by atoms with Gasteiger partial charge < -0.3 is 9.84 Å². The Labute approximate surface area is 148 Å². The van der Waals surface area contributed by atoms with Crippen LogP contribution in [0.25, 0.3) is 0 Å². The molecule has 0 saturated carbocycles. The molecule has 2 aromatic carbocycles. The molecule has 1 heterocycles. The van der Waals surface area contributed by atoms with Gasteiger partial charge in [-0.1, -0.05) is 55.5 Å². The van der Waals surface area contributed by atoms with Crippen LogP contribution in [0.5, 0.6) is 5.75 Å². The van der Waals surface area contributed by atoms with Gasteiger partial charge in [-0.15, -0.1) is 0 Å². The fraction of sp³-hybridized carbons (Fsp3) is 0.368. The minimum atomic E-state index is -3.38. The summed E-state index contributed by atoms with van der Waals surface area (Å²) in [6.45, 7) is 2.09. The molecule has 0 aliphatic carbocycles. The van der Waals surface area contributed by atoms with Gasteiger partial charge in [0.05, 0.1) is 6.04 Å². The molecule has 2 N–H and O–H groups in total. The van der Waals surface area contributed by atoms with Gasteiger partial charge in [-0.05, 0) is 11.6 Å². The quantitative estimate of drug-likeness (QED) is 0.799. The number of aliphatic hydroxyl groups excluding tert-OH is 1. The monoisotopic (exact) mass is 361 g/mol.